The number of hydrogen-bond donors (Lipinski definition) is 1. The molecule has 1 unspecified atom stereocenters. The number of benzene rings is 2. The fourth-order valence-corrected chi connectivity index (χ4v) is 6.39. The summed E-state index contributed by atoms with van der Waals surface area (Å²) in [4.78, 5) is 20.1. The van der Waals surface area contributed by atoms with Gasteiger partial charge in [-0.1, -0.05) is 6.08 Å². The van der Waals surface area contributed by atoms with Gasteiger partial charge in [0.15, 0.2) is 23.3 Å². The molecule has 5 nitrogen and oxygen atoms in total. The zero-order valence-electron chi connectivity index (χ0n) is 19.9. The van der Waals surface area contributed by atoms with Gasteiger partial charge in [0.1, 0.15) is 5.75 Å². The number of carbonyl (C=O) groups excluding carboxylic acids is 1. The van der Waals surface area contributed by atoms with Crippen LogP contribution in [-0.2, 0) is 0 Å². The molecular formula is C27H24F4IN3O2. The zero-order valence-corrected chi connectivity index (χ0v) is 22.1. The van der Waals surface area contributed by atoms with Crippen molar-refractivity contribution in [2.75, 3.05) is 20.2 Å². The van der Waals surface area contributed by atoms with E-state index in [9.17, 15) is 22.4 Å². The molecule has 1 N–H and O–H groups in total. The Kier molecular flexibility index (Phi) is 7.14. The lowest BCUT2D eigenvalue weighted by Crippen LogP contribution is -2.57. The first-order chi connectivity index (χ1) is 17.7. The highest BCUT2D eigenvalue weighted by molar-refractivity contribution is 14.1. The lowest BCUT2D eigenvalue weighted by molar-refractivity contribution is 0.00166. The quantitative estimate of drug-likeness (QED) is 0.124. The molecule has 10 heteroatoms. The number of halogens is 5. The molecule has 0 saturated carbocycles. The predicted molar refractivity (Wildman–Crippen MR) is 139 cm³/mol. The second kappa shape index (κ2) is 10.2. The van der Waals surface area contributed by atoms with Crippen molar-refractivity contribution in [3.63, 3.8) is 0 Å². The van der Waals surface area contributed by atoms with Gasteiger partial charge in [-0.2, -0.15) is 0 Å². The molecule has 2 aromatic carbocycles. The fraction of sp³-hybridized carbons (Fsp3) is 0.333. The number of pyridine rings is 1. The van der Waals surface area contributed by atoms with Crippen LogP contribution in [0.15, 0.2) is 43.1 Å². The van der Waals surface area contributed by atoms with Crippen molar-refractivity contribution in [3.8, 4) is 5.75 Å². The minimum Gasteiger partial charge on any atom is -0.497 e. The van der Waals surface area contributed by atoms with Crippen LogP contribution >= 0.6 is 22.6 Å². The van der Waals surface area contributed by atoms with Gasteiger partial charge in [0, 0.05) is 24.2 Å². The smallest absolute Gasteiger partial charge is 0.256 e. The minimum atomic E-state index is -2.02. The van der Waals surface area contributed by atoms with Crippen molar-refractivity contribution in [1.82, 2.24) is 15.2 Å². The average molecular weight is 625 g/mol. The molecule has 37 heavy (non-hydrogen) atoms. The maximum atomic E-state index is 14.8. The molecule has 4 heterocycles. The molecule has 0 radical (unpaired) electrons. The third-order valence-electron chi connectivity index (χ3n) is 7.58. The van der Waals surface area contributed by atoms with Crippen LogP contribution < -0.4 is 10.1 Å². The number of amides is 1. The van der Waals surface area contributed by atoms with Crippen LogP contribution in [0, 0.1) is 38.7 Å². The summed E-state index contributed by atoms with van der Waals surface area (Å²) in [6, 6.07) is 6.30. The number of nitrogens with one attached hydrogen (secondary N) is 1. The van der Waals surface area contributed by atoms with Gasteiger partial charge < -0.3 is 10.1 Å². The third-order valence-corrected chi connectivity index (χ3v) is 8.59. The Morgan fingerprint density at radius 3 is 2.65 bits per heavy atom. The summed E-state index contributed by atoms with van der Waals surface area (Å²) in [6.07, 6.45) is 5.30. The number of nitrogens with zero attached hydrogens (tertiary/aromatic N) is 2. The standard InChI is InChI=1S/C27H24F4IN3O2/c1-3-13-12-35-9-7-14(13)10-19(35)26(16-6-8-33-18-5-4-15(37-2)11-17(16)18)34-27(36)20-21(28)22(29)23(30)24(31)25(20)32/h3-6,8,11,13-14,19,26H,1,7,9-10,12H2,2H3,(H,34,36)/t13-,14+,19-,26-/m0/s1. The van der Waals surface area contributed by atoms with E-state index in [4.69, 9.17) is 4.74 Å². The lowest BCUT2D eigenvalue weighted by Gasteiger charge is -2.51. The van der Waals surface area contributed by atoms with Gasteiger partial charge in [0.05, 0.1) is 27.8 Å². The molecule has 1 amide bonds. The Morgan fingerprint density at radius 2 is 1.97 bits per heavy atom. The van der Waals surface area contributed by atoms with Crippen molar-refractivity contribution >= 4 is 39.4 Å². The highest BCUT2D eigenvalue weighted by Gasteiger charge is 2.44. The summed E-state index contributed by atoms with van der Waals surface area (Å²) in [5.41, 5.74) is 0.512. The Bertz CT molecular complexity index is 1370. The van der Waals surface area contributed by atoms with Crippen LogP contribution in [-0.4, -0.2) is 42.0 Å². The summed E-state index contributed by atoms with van der Waals surface area (Å²) in [6.45, 7) is 5.52. The van der Waals surface area contributed by atoms with E-state index in [1.165, 1.54) is 22.6 Å². The molecular weight excluding hydrogens is 601 g/mol. The first kappa shape index (κ1) is 25.9. The van der Waals surface area contributed by atoms with Gasteiger partial charge in [-0.3, -0.25) is 14.7 Å². The Hall–Kier alpha value is -2.73. The minimum absolute atomic E-state index is 0.174. The summed E-state index contributed by atoms with van der Waals surface area (Å²) >= 11 is 1.32. The van der Waals surface area contributed by atoms with Crippen LogP contribution in [0.25, 0.3) is 10.9 Å². The number of ether oxygens (including phenoxy) is 1. The van der Waals surface area contributed by atoms with Crippen LogP contribution in [0.2, 0.25) is 0 Å². The molecule has 0 spiro atoms. The van der Waals surface area contributed by atoms with Crippen LogP contribution in [0.5, 0.6) is 5.75 Å². The molecule has 3 fully saturated rings. The molecule has 3 aliphatic heterocycles. The first-order valence-electron chi connectivity index (χ1n) is 11.9. The zero-order chi connectivity index (χ0) is 26.4. The van der Waals surface area contributed by atoms with Crippen molar-refractivity contribution in [2.24, 2.45) is 11.8 Å². The van der Waals surface area contributed by atoms with E-state index in [0.717, 1.165) is 31.3 Å². The Balaban J connectivity index is 1.62. The van der Waals surface area contributed by atoms with Crippen LogP contribution in [0.3, 0.4) is 0 Å². The van der Waals surface area contributed by atoms with Gasteiger partial charge >= 0.3 is 0 Å². The highest BCUT2D eigenvalue weighted by Crippen LogP contribution is 2.42. The number of fused-ring (bicyclic) bond motifs is 4. The molecule has 3 saturated heterocycles. The number of rotatable bonds is 6. The van der Waals surface area contributed by atoms with Gasteiger partial charge in [-0.05, 0) is 83.6 Å². The molecule has 2 bridgehead atoms. The van der Waals surface area contributed by atoms with E-state index >= 15 is 0 Å². The topological polar surface area (TPSA) is 54.5 Å². The third kappa shape index (κ3) is 4.47. The van der Waals surface area contributed by atoms with Crippen molar-refractivity contribution in [2.45, 2.75) is 24.9 Å². The monoisotopic (exact) mass is 625 g/mol. The molecule has 3 aromatic rings. The fourth-order valence-electron chi connectivity index (χ4n) is 5.67. The summed E-state index contributed by atoms with van der Waals surface area (Å²) < 4.78 is 61.7. The van der Waals surface area contributed by atoms with Crippen molar-refractivity contribution < 1.29 is 27.1 Å². The second-order valence-corrected chi connectivity index (χ2v) is 10.5. The molecule has 6 rings (SSSR count). The van der Waals surface area contributed by atoms with Crippen LogP contribution in [0.1, 0.15) is 34.8 Å². The predicted octanol–water partition coefficient (Wildman–Crippen LogP) is 5.77. The van der Waals surface area contributed by atoms with Gasteiger partial charge in [0.25, 0.3) is 5.91 Å². The van der Waals surface area contributed by atoms with Gasteiger partial charge in [0.2, 0.25) is 0 Å². The molecule has 5 atom stereocenters. The van der Waals surface area contributed by atoms with Gasteiger partial charge in [-0.15, -0.1) is 6.58 Å². The van der Waals surface area contributed by atoms with Crippen LogP contribution in [0.4, 0.5) is 17.6 Å². The summed E-state index contributed by atoms with van der Waals surface area (Å²) in [5.74, 6) is -7.07. The highest BCUT2D eigenvalue weighted by atomic mass is 127. The molecule has 194 valence electrons. The van der Waals surface area contributed by atoms with Crippen molar-refractivity contribution in [1.29, 1.82) is 0 Å². The number of carbonyl (C=O) groups is 1. The largest absolute Gasteiger partial charge is 0.497 e. The number of piperidine rings is 3. The normalized spacial score (nSPS) is 23.6. The maximum absolute atomic E-state index is 14.8. The van der Waals surface area contributed by atoms with E-state index in [2.05, 4.69) is 21.8 Å². The van der Waals surface area contributed by atoms with E-state index in [1.807, 2.05) is 6.08 Å². The SMILES string of the molecule is C=C[C@H]1CN2CC[C@@H]1C[C@H]2[C@@H](NC(=O)c1c(F)c(F)c(F)c(F)c1I)c1ccnc2ccc(OC)cc12. The van der Waals surface area contributed by atoms with E-state index in [1.54, 1.807) is 37.6 Å². The Morgan fingerprint density at radius 1 is 1.22 bits per heavy atom. The molecule has 3 aliphatic rings. The summed E-state index contributed by atoms with van der Waals surface area (Å²) in [7, 11) is 1.54. The van der Waals surface area contributed by atoms with Crippen molar-refractivity contribution in [3.05, 3.63) is 81.1 Å². The van der Waals surface area contributed by atoms with E-state index < -0.39 is 44.4 Å². The Labute approximate surface area is 225 Å². The summed E-state index contributed by atoms with van der Waals surface area (Å²) in [5, 5.41) is 3.57. The average Bonchev–Trinajstić information content (AvgIpc) is 2.93. The molecule has 1 aromatic heterocycles. The number of aromatic nitrogens is 1. The first-order valence-corrected chi connectivity index (χ1v) is 12.9. The van der Waals surface area contributed by atoms with E-state index in [0.29, 0.717) is 28.7 Å². The number of hydrogen-bond acceptors (Lipinski definition) is 4. The van der Waals surface area contributed by atoms with Gasteiger partial charge in [-0.25, -0.2) is 17.6 Å². The maximum Gasteiger partial charge on any atom is 0.256 e. The lowest BCUT2D eigenvalue weighted by atomic mass is 9.73. The molecule has 0 aliphatic carbocycles. The van der Waals surface area contributed by atoms with E-state index in [-0.39, 0.29) is 6.04 Å². The second-order valence-electron chi connectivity index (χ2n) is 9.43. The number of methoxy groups -OCH3 is 1.